The normalized spacial score (nSPS) is 16.0. The maximum Gasteiger partial charge on any atom is 0.224 e. The molecule has 0 bridgehead atoms. The van der Waals surface area contributed by atoms with E-state index in [4.69, 9.17) is 0 Å². The average Bonchev–Trinajstić information content (AvgIpc) is 3.16. The van der Waals surface area contributed by atoms with Crippen molar-refractivity contribution in [2.45, 2.75) is 12.8 Å². The molecule has 6 nitrogen and oxygen atoms in total. The lowest BCUT2D eigenvalue weighted by Crippen LogP contribution is -2.33. The van der Waals surface area contributed by atoms with Gasteiger partial charge in [-0.1, -0.05) is 12.1 Å². The lowest BCUT2D eigenvalue weighted by Gasteiger charge is -2.28. The van der Waals surface area contributed by atoms with E-state index in [0.29, 0.717) is 11.9 Å². The molecule has 0 spiro atoms. The first-order valence-corrected chi connectivity index (χ1v) is 9.88. The van der Waals surface area contributed by atoms with Crippen LogP contribution in [0.15, 0.2) is 48.9 Å². The first kappa shape index (κ1) is 17.1. The van der Waals surface area contributed by atoms with E-state index in [2.05, 4.69) is 61.5 Å². The molecule has 1 fully saturated rings. The molecule has 6 heteroatoms. The third-order valence-corrected chi connectivity index (χ3v) is 5.73. The number of rotatable bonds is 4. The zero-order valence-corrected chi connectivity index (χ0v) is 16.0. The molecular weight excluding hydrogens is 348 g/mol. The number of aromatic amines is 1. The number of anilines is 1. The third kappa shape index (κ3) is 3.31. The van der Waals surface area contributed by atoms with Crippen LogP contribution in [-0.2, 0) is 0 Å². The molecule has 0 saturated carbocycles. The second-order valence-corrected chi connectivity index (χ2v) is 7.70. The molecule has 0 amide bonds. The lowest BCUT2D eigenvalue weighted by molar-refractivity contribution is 0.226. The van der Waals surface area contributed by atoms with Crippen molar-refractivity contribution in [3.05, 3.63) is 48.9 Å². The summed E-state index contributed by atoms with van der Waals surface area (Å²) in [6, 6.07) is 10.4. The topological polar surface area (TPSA) is 69.7 Å². The second kappa shape index (κ2) is 7.20. The van der Waals surface area contributed by atoms with Gasteiger partial charge in [0.1, 0.15) is 5.65 Å². The molecule has 3 aromatic heterocycles. The molecule has 28 heavy (non-hydrogen) atoms. The molecule has 4 heterocycles. The summed E-state index contributed by atoms with van der Waals surface area (Å²) in [7, 11) is 2.19. The van der Waals surface area contributed by atoms with Crippen molar-refractivity contribution in [3.8, 4) is 11.1 Å². The summed E-state index contributed by atoms with van der Waals surface area (Å²) in [4.78, 5) is 19.3. The number of nitrogens with one attached hydrogen (secondary N) is 2. The monoisotopic (exact) mass is 372 g/mol. The summed E-state index contributed by atoms with van der Waals surface area (Å²) >= 11 is 0. The number of fused-ring (bicyclic) bond motifs is 2. The molecule has 0 radical (unpaired) electrons. The Bertz CT molecular complexity index is 1110. The highest BCUT2D eigenvalue weighted by atomic mass is 15.1. The summed E-state index contributed by atoms with van der Waals surface area (Å²) in [5.41, 5.74) is 4.12. The number of hydrogen-bond acceptors (Lipinski definition) is 5. The van der Waals surface area contributed by atoms with Gasteiger partial charge in [-0.15, -0.1) is 0 Å². The van der Waals surface area contributed by atoms with E-state index in [0.717, 1.165) is 39.6 Å². The van der Waals surface area contributed by atoms with Gasteiger partial charge >= 0.3 is 0 Å². The predicted molar refractivity (Wildman–Crippen MR) is 113 cm³/mol. The molecule has 1 saturated heterocycles. The third-order valence-electron chi connectivity index (χ3n) is 5.73. The number of benzene rings is 1. The second-order valence-electron chi connectivity index (χ2n) is 7.70. The first-order valence-electron chi connectivity index (χ1n) is 9.88. The van der Waals surface area contributed by atoms with Gasteiger partial charge < -0.3 is 15.2 Å². The summed E-state index contributed by atoms with van der Waals surface area (Å²) in [5.74, 6) is 1.39. The van der Waals surface area contributed by atoms with Crippen LogP contribution in [0.25, 0.3) is 33.1 Å². The Labute approximate surface area is 164 Å². The highest BCUT2D eigenvalue weighted by molar-refractivity contribution is 5.96. The van der Waals surface area contributed by atoms with Gasteiger partial charge in [0.2, 0.25) is 5.95 Å². The van der Waals surface area contributed by atoms with Crippen LogP contribution in [0.1, 0.15) is 12.8 Å². The number of aromatic nitrogens is 4. The van der Waals surface area contributed by atoms with Gasteiger partial charge in [-0.3, -0.25) is 4.98 Å². The van der Waals surface area contributed by atoms with Crippen molar-refractivity contribution in [2.75, 3.05) is 32.0 Å². The van der Waals surface area contributed by atoms with Gasteiger partial charge in [-0.25, -0.2) is 4.98 Å². The van der Waals surface area contributed by atoms with E-state index >= 15 is 0 Å². The number of hydrogen-bond donors (Lipinski definition) is 2. The Hall–Kier alpha value is -2.99. The molecule has 2 N–H and O–H groups in total. The molecule has 0 aliphatic carbocycles. The molecule has 4 aromatic rings. The van der Waals surface area contributed by atoms with Crippen LogP contribution in [-0.4, -0.2) is 51.5 Å². The fourth-order valence-corrected chi connectivity index (χ4v) is 3.98. The lowest BCUT2D eigenvalue weighted by atomic mass is 9.97. The van der Waals surface area contributed by atoms with E-state index < -0.39 is 0 Å². The number of likely N-dealkylation sites (tertiary alicyclic amines) is 1. The van der Waals surface area contributed by atoms with Crippen molar-refractivity contribution in [1.29, 1.82) is 0 Å². The molecule has 1 aliphatic heterocycles. The van der Waals surface area contributed by atoms with E-state index in [-0.39, 0.29) is 0 Å². The van der Waals surface area contributed by atoms with Gasteiger partial charge in [-0.05, 0) is 62.7 Å². The van der Waals surface area contributed by atoms with E-state index in [1.807, 2.05) is 24.7 Å². The van der Waals surface area contributed by atoms with Gasteiger partial charge in [0.05, 0.1) is 5.52 Å². The maximum atomic E-state index is 4.68. The largest absolute Gasteiger partial charge is 0.354 e. The number of pyridine rings is 1. The van der Waals surface area contributed by atoms with Crippen molar-refractivity contribution < 1.29 is 0 Å². The van der Waals surface area contributed by atoms with Crippen LogP contribution in [0, 0.1) is 5.92 Å². The van der Waals surface area contributed by atoms with Gasteiger partial charge in [0.25, 0.3) is 0 Å². The number of H-pyrrole nitrogens is 1. The van der Waals surface area contributed by atoms with Crippen molar-refractivity contribution in [1.82, 2.24) is 24.8 Å². The van der Waals surface area contributed by atoms with Crippen LogP contribution in [0.2, 0.25) is 0 Å². The Kier molecular flexibility index (Phi) is 4.41. The Morgan fingerprint density at radius 1 is 1.18 bits per heavy atom. The fourth-order valence-electron chi connectivity index (χ4n) is 3.98. The van der Waals surface area contributed by atoms with Crippen molar-refractivity contribution in [3.63, 3.8) is 0 Å². The highest BCUT2D eigenvalue weighted by Crippen LogP contribution is 2.30. The summed E-state index contributed by atoms with van der Waals surface area (Å²) in [5, 5.41) is 5.59. The highest BCUT2D eigenvalue weighted by Gasteiger charge is 2.17. The Morgan fingerprint density at radius 2 is 2.07 bits per heavy atom. The fraction of sp³-hybridized carbons (Fsp3) is 0.318. The zero-order chi connectivity index (χ0) is 18.9. The van der Waals surface area contributed by atoms with E-state index in [9.17, 15) is 0 Å². The molecule has 1 aliphatic rings. The van der Waals surface area contributed by atoms with Crippen LogP contribution in [0.3, 0.4) is 0 Å². The smallest absolute Gasteiger partial charge is 0.224 e. The standard InChI is InChI=1S/C22H24N6/c1-28-9-6-15(7-10-28)12-25-22-26-14-19-18(13-24-21(19)27-22)16-4-5-20-17(11-16)3-2-8-23-20/h2-5,8,11,13-15H,6-7,9-10,12H2,1H3,(H2,24,25,26,27). The van der Waals surface area contributed by atoms with E-state index in [1.165, 1.54) is 25.9 Å². The van der Waals surface area contributed by atoms with Crippen LogP contribution < -0.4 is 5.32 Å². The van der Waals surface area contributed by atoms with Crippen molar-refractivity contribution in [2.24, 2.45) is 5.92 Å². The predicted octanol–water partition coefficient (Wildman–Crippen LogP) is 3.93. The number of piperidine rings is 1. The summed E-state index contributed by atoms with van der Waals surface area (Å²) in [6.07, 6.45) is 8.21. The molecule has 0 unspecified atom stereocenters. The SMILES string of the molecule is CN1CCC(CNc2ncc3c(-c4ccc5ncccc5c4)c[nH]c3n2)CC1. The number of nitrogens with zero attached hydrogens (tertiary/aromatic N) is 4. The van der Waals surface area contributed by atoms with Gasteiger partial charge in [0.15, 0.2) is 0 Å². The van der Waals surface area contributed by atoms with E-state index in [1.54, 1.807) is 0 Å². The molecule has 1 aromatic carbocycles. The first-order chi connectivity index (χ1) is 13.8. The minimum Gasteiger partial charge on any atom is -0.354 e. The van der Waals surface area contributed by atoms with Crippen LogP contribution in [0.4, 0.5) is 5.95 Å². The quantitative estimate of drug-likeness (QED) is 0.568. The summed E-state index contributed by atoms with van der Waals surface area (Å²) in [6.45, 7) is 3.28. The molecule has 5 rings (SSSR count). The average molecular weight is 372 g/mol. The minimum absolute atomic E-state index is 0.695. The van der Waals surface area contributed by atoms with Gasteiger partial charge in [-0.2, -0.15) is 4.98 Å². The maximum absolute atomic E-state index is 4.68. The van der Waals surface area contributed by atoms with Crippen molar-refractivity contribution >= 4 is 27.9 Å². The van der Waals surface area contributed by atoms with Crippen LogP contribution >= 0.6 is 0 Å². The Morgan fingerprint density at radius 3 is 2.96 bits per heavy atom. The Balaban J connectivity index is 1.37. The van der Waals surface area contributed by atoms with Crippen LogP contribution in [0.5, 0.6) is 0 Å². The minimum atomic E-state index is 0.695. The summed E-state index contributed by atoms with van der Waals surface area (Å²) < 4.78 is 0. The molecule has 0 atom stereocenters. The van der Waals surface area contributed by atoms with Gasteiger partial charge in [0, 0.05) is 41.5 Å². The molecule has 142 valence electrons. The molecular formula is C22H24N6. The zero-order valence-electron chi connectivity index (χ0n) is 16.0.